The molecule has 0 bridgehead atoms. The Morgan fingerprint density at radius 3 is 3.00 bits per heavy atom. The largest absolute Gasteiger partial charge is 0.351 e. The molecule has 0 aromatic heterocycles. The zero-order valence-electron chi connectivity index (χ0n) is 8.48. The Bertz CT molecular complexity index is 230. The zero-order chi connectivity index (χ0) is 10.6. The second-order valence-electron chi connectivity index (χ2n) is 3.73. The highest BCUT2D eigenvalue weighted by molar-refractivity contribution is 6.29. The quantitative estimate of drug-likeness (QED) is 0.746. The van der Waals surface area contributed by atoms with E-state index in [0.717, 1.165) is 19.4 Å². The van der Waals surface area contributed by atoms with Crippen molar-refractivity contribution in [1.82, 2.24) is 10.6 Å². The molecule has 1 aliphatic rings. The first-order chi connectivity index (χ1) is 6.61. The van der Waals surface area contributed by atoms with E-state index in [4.69, 9.17) is 11.6 Å². The molecule has 3 nitrogen and oxygen atoms in total. The number of nitrogens with one attached hydrogen (secondary N) is 2. The van der Waals surface area contributed by atoms with Crippen LogP contribution in [0.2, 0.25) is 0 Å². The predicted molar refractivity (Wildman–Crippen MR) is 58.2 cm³/mol. The van der Waals surface area contributed by atoms with Gasteiger partial charge in [-0.2, -0.15) is 0 Å². The molecule has 1 amide bonds. The highest BCUT2D eigenvalue weighted by Gasteiger charge is 2.26. The molecule has 2 N–H and O–H groups in total. The van der Waals surface area contributed by atoms with E-state index < -0.39 is 0 Å². The lowest BCUT2D eigenvalue weighted by molar-refractivity contribution is -0.126. The molecule has 0 saturated carbocycles. The summed E-state index contributed by atoms with van der Waals surface area (Å²) in [4.78, 5) is 11.7. The van der Waals surface area contributed by atoms with E-state index in [2.05, 4.69) is 17.2 Å². The molecule has 1 rings (SSSR count). The van der Waals surface area contributed by atoms with Crippen LogP contribution in [0.25, 0.3) is 0 Å². The van der Waals surface area contributed by atoms with Gasteiger partial charge >= 0.3 is 0 Å². The van der Waals surface area contributed by atoms with Crippen LogP contribution in [0.15, 0.2) is 11.6 Å². The predicted octanol–water partition coefficient (Wildman–Crippen LogP) is 1.24. The second-order valence-corrected chi connectivity index (χ2v) is 4.26. The van der Waals surface area contributed by atoms with E-state index >= 15 is 0 Å². The first kappa shape index (κ1) is 11.5. The minimum absolute atomic E-state index is 0.0692. The fourth-order valence-electron chi connectivity index (χ4n) is 1.72. The summed E-state index contributed by atoms with van der Waals surface area (Å²) in [5.74, 6) is 0.145. The average Bonchev–Trinajstić information content (AvgIpc) is 2.15. The van der Waals surface area contributed by atoms with Crippen molar-refractivity contribution in [2.24, 2.45) is 5.92 Å². The van der Waals surface area contributed by atoms with Crippen LogP contribution in [0.4, 0.5) is 0 Å². The van der Waals surface area contributed by atoms with Gasteiger partial charge < -0.3 is 10.6 Å². The van der Waals surface area contributed by atoms with Crippen LogP contribution in [0.1, 0.15) is 19.8 Å². The molecule has 1 fully saturated rings. The summed E-state index contributed by atoms with van der Waals surface area (Å²) in [5, 5.41) is 6.52. The number of halogens is 1. The minimum Gasteiger partial charge on any atom is -0.351 e. The Labute approximate surface area is 89.9 Å². The van der Waals surface area contributed by atoms with Gasteiger partial charge in [-0.3, -0.25) is 4.79 Å². The van der Waals surface area contributed by atoms with Crippen LogP contribution in [0.5, 0.6) is 0 Å². The standard InChI is InChI=1S/C10H17ClN2O/c1-7(11)6-13-10(14)9-4-3-5-12-8(9)2/h8-9,12H,1,3-6H2,2H3,(H,13,14)/t8-,9-/m1/s1. The molecular weight excluding hydrogens is 200 g/mol. The van der Waals surface area contributed by atoms with Crippen molar-refractivity contribution in [2.75, 3.05) is 13.1 Å². The third-order valence-electron chi connectivity index (χ3n) is 2.55. The SMILES string of the molecule is C=C(Cl)CNC(=O)[C@@H]1CCCN[C@@H]1C. The number of hydrogen-bond acceptors (Lipinski definition) is 2. The molecule has 80 valence electrons. The van der Waals surface area contributed by atoms with Gasteiger partial charge in [-0.1, -0.05) is 18.2 Å². The van der Waals surface area contributed by atoms with Crippen molar-refractivity contribution >= 4 is 17.5 Å². The Hall–Kier alpha value is -0.540. The molecule has 0 spiro atoms. The van der Waals surface area contributed by atoms with E-state index in [1.807, 2.05) is 6.92 Å². The van der Waals surface area contributed by atoms with Crippen LogP contribution in [0, 0.1) is 5.92 Å². The Morgan fingerprint density at radius 2 is 2.43 bits per heavy atom. The van der Waals surface area contributed by atoms with Crippen molar-refractivity contribution in [1.29, 1.82) is 0 Å². The maximum Gasteiger partial charge on any atom is 0.224 e. The Morgan fingerprint density at radius 1 is 1.71 bits per heavy atom. The van der Waals surface area contributed by atoms with Gasteiger partial charge in [0.1, 0.15) is 0 Å². The van der Waals surface area contributed by atoms with Crippen LogP contribution in [-0.2, 0) is 4.79 Å². The average molecular weight is 217 g/mol. The van der Waals surface area contributed by atoms with Crippen molar-refractivity contribution in [2.45, 2.75) is 25.8 Å². The van der Waals surface area contributed by atoms with Gasteiger partial charge in [0, 0.05) is 11.1 Å². The van der Waals surface area contributed by atoms with E-state index in [1.165, 1.54) is 0 Å². The normalized spacial score (nSPS) is 27.0. The summed E-state index contributed by atoms with van der Waals surface area (Å²) in [6, 6.07) is 0.257. The number of hydrogen-bond donors (Lipinski definition) is 2. The number of rotatable bonds is 3. The molecule has 0 aromatic rings. The third-order valence-corrected chi connectivity index (χ3v) is 2.69. The number of piperidine rings is 1. The van der Waals surface area contributed by atoms with Gasteiger partial charge in [-0.05, 0) is 26.3 Å². The van der Waals surface area contributed by atoms with Gasteiger partial charge in [0.15, 0.2) is 0 Å². The molecule has 1 aliphatic heterocycles. The molecule has 0 radical (unpaired) electrons. The molecule has 14 heavy (non-hydrogen) atoms. The van der Waals surface area contributed by atoms with Gasteiger partial charge in [0.2, 0.25) is 5.91 Å². The Balaban J connectivity index is 2.38. The third kappa shape index (κ3) is 3.31. The van der Waals surface area contributed by atoms with Crippen LogP contribution in [-0.4, -0.2) is 25.0 Å². The summed E-state index contributed by atoms with van der Waals surface area (Å²) in [6.07, 6.45) is 2.01. The topological polar surface area (TPSA) is 41.1 Å². The highest BCUT2D eigenvalue weighted by Crippen LogP contribution is 2.16. The van der Waals surface area contributed by atoms with Gasteiger partial charge in [-0.25, -0.2) is 0 Å². The van der Waals surface area contributed by atoms with Crippen molar-refractivity contribution in [3.8, 4) is 0 Å². The lowest BCUT2D eigenvalue weighted by Crippen LogP contribution is -2.46. The molecule has 0 aromatic carbocycles. The van der Waals surface area contributed by atoms with Crippen LogP contribution in [0.3, 0.4) is 0 Å². The lowest BCUT2D eigenvalue weighted by atomic mass is 9.91. The van der Waals surface area contributed by atoms with Crippen molar-refractivity contribution in [3.63, 3.8) is 0 Å². The molecule has 1 saturated heterocycles. The molecular formula is C10H17ClN2O. The molecule has 0 unspecified atom stereocenters. The first-order valence-electron chi connectivity index (χ1n) is 4.95. The van der Waals surface area contributed by atoms with Crippen LogP contribution >= 0.6 is 11.6 Å². The summed E-state index contributed by atoms with van der Waals surface area (Å²) in [5.41, 5.74) is 0. The lowest BCUT2D eigenvalue weighted by Gasteiger charge is -2.28. The fraction of sp³-hybridized carbons (Fsp3) is 0.700. The number of amides is 1. The zero-order valence-corrected chi connectivity index (χ0v) is 9.23. The van der Waals surface area contributed by atoms with Crippen LogP contribution < -0.4 is 10.6 Å². The monoisotopic (exact) mass is 216 g/mol. The Kier molecular flexibility index (Phi) is 4.42. The number of carbonyl (C=O) groups excluding carboxylic acids is 1. The summed E-state index contributed by atoms with van der Waals surface area (Å²) < 4.78 is 0. The van der Waals surface area contributed by atoms with Gasteiger partial charge in [-0.15, -0.1) is 0 Å². The molecule has 2 atom stereocenters. The summed E-state index contributed by atoms with van der Waals surface area (Å²) >= 11 is 5.57. The molecule has 0 aliphatic carbocycles. The van der Waals surface area contributed by atoms with Gasteiger partial charge in [0.05, 0.1) is 12.5 Å². The molecule has 1 heterocycles. The highest BCUT2D eigenvalue weighted by atomic mass is 35.5. The summed E-state index contributed by atoms with van der Waals surface area (Å²) in [6.45, 7) is 6.94. The second kappa shape index (κ2) is 5.37. The van der Waals surface area contributed by atoms with E-state index in [1.54, 1.807) is 0 Å². The molecule has 4 heteroatoms. The smallest absolute Gasteiger partial charge is 0.224 e. The first-order valence-corrected chi connectivity index (χ1v) is 5.33. The fourth-order valence-corrected chi connectivity index (χ4v) is 1.78. The number of carbonyl (C=O) groups is 1. The van der Waals surface area contributed by atoms with Gasteiger partial charge in [0.25, 0.3) is 0 Å². The maximum absolute atomic E-state index is 11.7. The summed E-state index contributed by atoms with van der Waals surface area (Å²) in [7, 11) is 0. The van der Waals surface area contributed by atoms with E-state index in [9.17, 15) is 4.79 Å². The van der Waals surface area contributed by atoms with E-state index in [0.29, 0.717) is 11.6 Å². The minimum atomic E-state index is 0.0692. The van der Waals surface area contributed by atoms with Crippen molar-refractivity contribution < 1.29 is 4.79 Å². The van der Waals surface area contributed by atoms with E-state index in [-0.39, 0.29) is 17.9 Å². The van der Waals surface area contributed by atoms with Crippen molar-refractivity contribution in [3.05, 3.63) is 11.6 Å². The maximum atomic E-state index is 11.7.